The van der Waals surface area contributed by atoms with Crippen LogP contribution in [0.4, 0.5) is 0 Å². The smallest absolute Gasteiger partial charge is 0.210 e. The number of aryl methyl sites for hydroxylation is 1. The average Bonchev–Trinajstić information content (AvgIpc) is 2.83. The van der Waals surface area contributed by atoms with Crippen LogP contribution in [-0.2, 0) is 7.05 Å². The molecule has 0 bridgehead atoms. The van der Waals surface area contributed by atoms with Gasteiger partial charge in [-0.2, -0.15) is 0 Å². The highest BCUT2D eigenvalue weighted by Gasteiger charge is 2.18. The summed E-state index contributed by atoms with van der Waals surface area (Å²) in [6.07, 6.45) is 2.22. The summed E-state index contributed by atoms with van der Waals surface area (Å²) in [5, 5.41) is 0. The maximum absolute atomic E-state index is 12.4. The van der Waals surface area contributed by atoms with E-state index in [0.717, 1.165) is 0 Å². The Labute approximate surface area is 106 Å². The van der Waals surface area contributed by atoms with Crippen LogP contribution in [0.3, 0.4) is 0 Å². The van der Waals surface area contributed by atoms with Crippen molar-refractivity contribution in [2.75, 3.05) is 0 Å². The number of benzene rings is 1. The van der Waals surface area contributed by atoms with Crippen molar-refractivity contribution < 1.29 is 9.59 Å². The molecule has 0 saturated heterocycles. The van der Waals surface area contributed by atoms with Crippen LogP contribution < -0.4 is 0 Å². The van der Waals surface area contributed by atoms with Crippen molar-refractivity contribution in [3.63, 3.8) is 0 Å². The van der Waals surface area contributed by atoms with Crippen LogP contribution in [0.5, 0.6) is 0 Å². The Morgan fingerprint density at radius 2 is 1.72 bits per heavy atom. The molecule has 92 valence electrons. The number of rotatable bonds is 4. The molecule has 0 atom stereocenters. The van der Waals surface area contributed by atoms with Crippen molar-refractivity contribution in [3.8, 4) is 0 Å². The van der Waals surface area contributed by atoms with Crippen LogP contribution in [0.1, 0.15) is 39.8 Å². The summed E-state index contributed by atoms with van der Waals surface area (Å²) in [6.45, 7) is 1.80. The van der Waals surface area contributed by atoms with Gasteiger partial charge in [0.25, 0.3) is 0 Å². The molecular weight excluding hydrogens is 226 g/mol. The van der Waals surface area contributed by atoms with E-state index < -0.39 is 0 Å². The molecule has 3 nitrogen and oxygen atoms in total. The standard InChI is InChI=1S/C15H15NO2/c1-3-14(17)11-7-4-5-8-12(11)15(18)13-9-6-10-16(13)2/h4-10H,3H2,1-2H3. The lowest BCUT2D eigenvalue weighted by molar-refractivity contribution is 0.0970. The van der Waals surface area contributed by atoms with Crippen LogP contribution in [0.2, 0.25) is 0 Å². The van der Waals surface area contributed by atoms with Gasteiger partial charge in [0.2, 0.25) is 5.78 Å². The normalized spacial score (nSPS) is 10.3. The molecule has 1 aromatic carbocycles. The van der Waals surface area contributed by atoms with Crippen LogP contribution in [0, 0.1) is 0 Å². The van der Waals surface area contributed by atoms with E-state index in [4.69, 9.17) is 0 Å². The molecule has 0 radical (unpaired) electrons. The fraction of sp³-hybridized carbons (Fsp3) is 0.200. The number of aromatic nitrogens is 1. The fourth-order valence-electron chi connectivity index (χ4n) is 1.95. The molecule has 18 heavy (non-hydrogen) atoms. The molecule has 0 amide bonds. The zero-order valence-electron chi connectivity index (χ0n) is 10.5. The second kappa shape index (κ2) is 5.00. The number of nitrogens with zero attached hydrogens (tertiary/aromatic N) is 1. The second-order valence-corrected chi connectivity index (χ2v) is 4.16. The van der Waals surface area contributed by atoms with Crippen molar-refractivity contribution in [2.24, 2.45) is 7.05 Å². The van der Waals surface area contributed by atoms with Gasteiger partial charge in [0, 0.05) is 30.8 Å². The summed E-state index contributed by atoms with van der Waals surface area (Å²) in [4.78, 5) is 24.2. The van der Waals surface area contributed by atoms with Crippen LogP contribution >= 0.6 is 0 Å². The Bertz CT molecular complexity index is 596. The topological polar surface area (TPSA) is 39.1 Å². The zero-order chi connectivity index (χ0) is 13.1. The highest BCUT2D eigenvalue weighted by Crippen LogP contribution is 2.16. The van der Waals surface area contributed by atoms with Gasteiger partial charge >= 0.3 is 0 Å². The Hall–Kier alpha value is -2.16. The molecule has 0 unspecified atom stereocenters. The van der Waals surface area contributed by atoms with Crippen molar-refractivity contribution in [3.05, 3.63) is 59.4 Å². The number of hydrogen-bond donors (Lipinski definition) is 0. The van der Waals surface area contributed by atoms with Crippen molar-refractivity contribution in [1.82, 2.24) is 4.57 Å². The van der Waals surface area contributed by atoms with E-state index in [0.29, 0.717) is 23.2 Å². The fourth-order valence-corrected chi connectivity index (χ4v) is 1.95. The average molecular weight is 241 g/mol. The number of carbonyl (C=O) groups excluding carboxylic acids is 2. The number of hydrogen-bond acceptors (Lipinski definition) is 2. The lowest BCUT2D eigenvalue weighted by Crippen LogP contribution is -2.12. The molecule has 0 aliphatic rings. The highest BCUT2D eigenvalue weighted by atomic mass is 16.1. The van der Waals surface area contributed by atoms with Gasteiger partial charge in [-0.25, -0.2) is 0 Å². The lowest BCUT2D eigenvalue weighted by atomic mass is 9.97. The SMILES string of the molecule is CCC(=O)c1ccccc1C(=O)c1cccn1C. The molecule has 1 heterocycles. The highest BCUT2D eigenvalue weighted by molar-refractivity contribution is 6.15. The monoisotopic (exact) mass is 241 g/mol. The number of ketones is 2. The molecule has 1 aromatic heterocycles. The summed E-state index contributed by atoms with van der Waals surface area (Å²) in [6, 6.07) is 10.6. The Balaban J connectivity index is 2.49. The first kappa shape index (κ1) is 12.3. The Morgan fingerprint density at radius 3 is 2.28 bits per heavy atom. The van der Waals surface area contributed by atoms with Crippen molar-refractivity contribution >= 4 is 11.6 Å². The van der Waals surface area contributed by atoms with Crippen LogP contribution in [-0.4, -0.2) is 16.1 Å². The Kier molecular flexibility index (Phi) is 3.42. The van der Waals surface area contributed by atoms with E-state index in [1.807, 2.05) is 19.3 Å². The van der Waals surface area contributed by atoms with Gasteiger partial charge in [-0.1, -0.05) is 31.2 Å². The number of carbonyl (C=O) groups is 2. The second-order valence-electron chi connectivity index (χ2n) is 4.16. The lowest BCUT2D eigenvalue weighted by Gasteiger charge is -2.07. The molecule has 0 fully saturated rings. The molecule has 0 saturated carbocycles. The quantitative estimate of drug-likeness (QED) is 0.772. The third kappa shape index (κ3) is 2.12. The van der Waals surface area contributed by atoms with E-state index >= 15 is 0 Å². The van der Waals surface area contributed by atoms with E-state index in [2.05, 4.69) is 0 Å². The van der Waals surface area contributed by atoms with E-state index in [9.17, 15) is 9.59 Å². The van der Waals surface area contributed by atoms with Gasteiger partial charge in [0.1, 0.15) is 0 Å². The number of Topliss-reactive ketones (excluding diaryl/α,β-unsaturated/α-hetero) is 1. The van der Waals surface area contributed by atoms with Gasteiger partial charge in [-0.3, -0.25) is 9.59 Å². The first-order chi connectivity index (χ1) is 8.65. The Morgan fingerprint density at radius 1 is 1.06 bits per heavy atom. The van der Waals surface area contributed by atoms with Gasteiger partial charge in [-0.15, -0.1) is 0 Å². The molecule has 3 heteroatoms. The minimum absolute atomic E-state index is 0.00633. The van der Waals surface area contributed by atoms with E-state index in [1.54, 1.807) is 41.8 Å². The molecule has 0 spiro atoms. The summed E-state index contributed by atoms with van der Waals surface area (Å²) in [5.74, 6) is -0.118. The largest absolute Gasteiger partial charge is 0.348 e. The van der Waals surface area contributed by atoms with Gasteiger partial charge in [0.15, 0.2) is 5.78 Å². The third-order valence-corrected chi connectivity index (χ3v) is 2.97. The molecular formula is C15H15NO2. The summed E-state index contributed by atoms with van der Waals surface area (Å²) in [5.41, 5.74) is 1.57. The maximum atomic E-state index is 12.4. The predicted molar refractivity (Wildman–Crippen MR) is 69.9 cm³/mol. The molecule has 2 rings (SSSR count). The molecule has 0 aliphatic heterocycles. The van der Waals surface area contributed by atoms with Crippen molar-refractivity contribution in [2.45, 2.75) is 13.3 Å². The molecule has 2 aromatic rings. The molecule has 0 aliphatic carbocycles. The summed E-state index contributed by atoms with van der Waals surface area (Å²) in [7, 11) is 1.82. The van der Waals surface area contributed by atoms with Crippen molar-refractivity contribution in [1.29, 1.82) is 0 Å². The minimum atomic E-state index is -0.111. The zero-order valence-corrected chi connectivity index (χ0v) is 10.5. The first-order valence-corrected chi connectivity index (χ1v) is 5.93. The third-order valence-electron chi connectivity index (χ3n) is 2.97. The van der Waals surface area contributed by atoms with Crippen LogP contribution in [0.25, 0.3) is 0 Å². The predicted octanol–water partition coefficient (Wildman–Crippen LogP) is 2.85. The van der Waals surface area contributed by atoms with Gasteiger partial charge in [-0.05, 0) is 12.1 Å². The van der Waals surface area contributed by atoms with E-state index in [-0.39, 0.29) is 11.6 Å². The van der Waals surface area contributed by atoms with E-state index in [1.165, 1.54) is 0 Å². The maximum Gasteiger partial charge on any atom is 0.210 e. The van der Waals surface area contributed by atoms with Gasteiger partial charge < -0.3 is 4.57 Å². The minimum Gasteiger partial charge on any atom is -0.348 e. The summed E-state index contributed by atoms with van der Waals surface area (Å²) < 4.78 is 1.76. The molecule has 0 N–H and O–H groups in total. The first-order valence-electron chi connectivity index (χ1n) is 5.93. The summed E-state index contributed by atoms with van der Waals surface area (Å²) >= 11 is 0. The van der Waals surface area contributed by atoms with Crippen LogP contribution in [0.15, 0.2) is 42.6 Å². The van der Waals surface area contributed by atoms with Gasteiger partial charge in [0.05, 0.1) is 5.69 Å².